The van der Waals surface area contributed by atoms with Crippen molar-refractivity contribution < 1.29 is 9.53 Å². The molecule has 0 amide bonds. The van der Waals surface area contributed by atoms with Crippen LogP contribution in [0.3, 0.4) is 0 Å². The smallest absolute Gasteiger partial charge is 0.319 e. The van der Waals surface area contributed by atoms with E-state index in [1.54, 1.807) is 0 Å². The van der Waals surface area contributed by atoms with Crippen molar-refractivity contribution in [2.45, 2.75) is 65.8 Å². The average Bonchev–Trinajstić information content (AvgIpc) is 2.26. The van der Waals surface area contributed by atoms with Gasteiger partial charge in [-0.15, -0.1) is 0 Å². The number of esters is 1. The second-order valence-corrected chi connectivity index (χ2v) is 5.18. The molecule has 0 aliphatic carbocycles. The van der Waals surface area contributed by atoms with Crippen LogP contribution in [0.15, 0.2) is 0 Å². The van der Waals surface area contributed by atoms with Crippen LogP contribution < -0.4 is 5.32 Å². The van der Waals surface area contributed by atoms with E-state index in [0.717, 1.165) is 25.2 Å². The third-order valence-electron chi connectivity index (χ3n) is 2.77. The number of carbonyl (C=O) groups excluding carboxylic acids is 1. The van der Waals surface area contributed by atoms with Gasteiger partial charge in [-0.05, 0) is 25.7 Å². The average molecular weight is 243 g/mol. The van der Waals surface area contributed by atoms with Gasteiger partial charge in [0.2, 0.25) is 0 Å². The van der Waals surface area contributed by atoms with E-state index < -0.39 is 0 Å². The molecule has 0 radical (unpaired) electrons. The topological polar surface area (TPSA) is 38.3 Å². The highest BCUT2D eigenvalue weighted by atomic mass is 16.5. The summed E-state index contributed by atoms with van der Waals surface area (Å²) in [5.41, 5.74) is 0. The highest BCUT2D eigenvalue weighted by Gasteiger charge is 2.06. The van der Waals surface area contributed by atoms with Crippen LogP contribution >= 0.6 is 0 Å². The minimum atomic E-state index is -0.130. The number of hydrogen-bond donors (Lipinski definition) is 1. The summed E-state index contributed by atoms with van der Waals surface area (Å²) in [7, 11) is 0. The SMILES string of the molecule is CCCCOC(=O)CNC(C)CCCC(C)C. The predicted molar refractivity (Wildman–Crippen MR) is 72.0 cm³/mol. The van der Waals surface area contributed by atoms with E-state index in [1.165, 1.54) is 12.8 Å². The maximum Gasteiger partial charge on any atom is 0.319 e. The van der Waals surface area contributed by atoms with E-state index in [-0.39, 0.29) is 5.97 Å². The van der Waals surface area contributed by atoms with Gasteiger partial charge in [-0.25, -0.2) is 0 Å². The first kappa shape index (κ1) is 16.4. The van der Waals surface area contributed by atoms with Crippen LogP contribution in [0.2, 0.25) is 0 Å². The molecular weight excluding hydrogens is 214 g/mol. The first-order valence-electron chi connectivity index (χ1n) is 6.95. The molecule has 0 aliphatic heterocycles. The van der Waals surface area contributed by atoms with E-state index in [2.05, 4.69) is 33.0 Å². The Morgan fingerprint density at radius 2 is 1.88 bits per heavy atom. The molecule has 0 heterocycles. The summed E-state index contributed by atoms with van der Waals surface area (Å²) in [6.07, 6.45) is 5.62. The minimum Gasteiger partial charge on any atom is -0.465 e. The molecule has 1 unspecified atom stereocenters. The van der Waals surface area contributed by atoms with Crippen molar-refractivity contribution in [3.8, 4) is 0 Å². The van der Waals surface area contributed by atoms with Crippen molar-refractivity contribution in [2.24, 2.45) is 5.92 Å². The third kappa shape index (κ3) is 11.7. The van der Waals surface area contributed by atoms with Crippen molar-refractivity contribution in [1.82, 2.24) is 5.32 Å². The van der Waals surface area contributed by atoms with Crippen molar-refractivity contribution >= 4 is 5.97 Å². The van der Waals surface area contributed by atoms with Crippen LogP contribution in [-0.2, 0) is 9.53 Å². The first-order valence-corrected chi connectivity index (χ1v) is 6.95. The summed E-state index contributed by atoms with van der Waals surface area (Å²) in [6.45, 7) is 9.58. The molecular formula is C14H29NO2. The predicted octanol–water partition coefficient (Wildman–Crippen LogP) is 3.13. The third-order valence-corrected chi connectivity index (χ3v) is 2.77. The summed E-state index contributed by atoms with van der Waals surface area (Å²) in [6, 6.07) is 0.396. The van der Waals surface area contributed by atoms with E-state index >= 15 is 0 Å². The second-order valence-electron chi connectivity index (χ2n) is 5.18. The first-order chi connectivity index (χ1) is 8.06. The molecule has 0 spiro atoms. The molecule has 0 aromatic heterocycles. The summed E-state index contributed by atoms with van der Waals surface area (Å²) in [4.78, 5) is 11.3. The molecule has 0 bridgehead atoms. The van der Waals surface area contributed by atoms with E-state index in [1.807, 2.05) is 0 Å². The quantitative estimate of drug-likeness (QED) is 0.473. The Labute approximate surface area is 106 Å². The minimum absolute atomic E-state index is 0.130. The number of rotatable bonds is 10. The summed E-state index contributed by atoms with van der Waals surface area (Å²) in [5.74, 6) is 0.635. The van der Waals surface area contributed by atoms with Crippen LogP contribution in [-0.4, -0.2) is 25.2 Å². The molecule has 0 aromatic rings. The van der Waals surface area contributed by atoms with Crippen LogP contribution in [0.1, 0.15) is 59.8 Å². The van der Waals surface area contributed by atoms with Gasteiger partial charge >= 0.3 is 5.97 Å². The van der Waals surface area contributed by atoms with E-state index in [4.69, 9.17) is 4.74 Å². The van der Waals surface area contributed by atoms with E-state index in [0.29, 0.717) is 19.2 Å². The molecule has 1 atom stereocenters. The number of carbonyl (C=O) groups is 1. The van der Waals surface area contributed by atoms with Gasteiger partial charge in [-0.2, -0.15) is 0 Å². The molecule has 1 N–H and O–H groups in total. The van der Waals surface area contributed by atoms with Gasteiger partial charge in [0.05, 0.1) is 13.2 Å². The fourth-order valence-corrected chi connectivity index (χ4v) is 1.57. The lowest BCUT2D eigenvalue weighted by Crippen LogP contribution is -2.32. The van der Waals surface area contributed by atoms with Gasteiger partial charge in [0.15, 0.2) is 0 Å². The molecule has 102 valence electrons. The lowest BCUT2D eigenvalue weighted by Gasteiger charge is -2.14. The van der Waals surface area contributed by atoms with Crippen LogP contribution in [0, 0.1) is 5.92 Å². The van der Waals surface area contributed by atoms with Crippen molar-refractivity contribution in [3.05, 3.63) is 0 Å². The molecule has 0 saturated carbocycles. The van der Waals surface area contributed by atoms with Gasteiger partial charge in [0.25, 0.3) is 0 Å². The fraction of sp³-hybridized carbons (Fsp3) is 0.929. The Hall–Kier alpha value is -0.570. The molecule has 0 aliphatic rings. The summed E-state index contributed by atoms with van der Waals surface area (Å²) < 4.78 is 5.07. The van der Waals surface area contributed by atoms with Crippen molar-refractivity contribution in [2.75, 3.05) is 13.2 Å². The zero-order valence-corrected chi connectivity index (χ0v) is 11.9. The van der Waals surface area contributed by atoms with Crippen molar-refractivity contribution in [3.63, 3.8) is 0 Å². The molecule has 0 rings (SSSR count). The Morgan fingerprint density at radius 3 is 2.47 bits per heavy atom. The maximum absolute atomic E-state index is 11.3. The van der Waals surface area contributed by atoms with Crippen LogP contribution in [0.25, 0.3) is 0 Å². The summed E-state index contributed by atoms with van der Waals surface area (Å²) in [5, 5.41) is 3.21. The van der Waals surface area contributed by atoms with Crippen molar-refractivity contribution in [1.29, 1.82) is 0 Å². The zero-order chi connectivity index (χ0) is 13.1. The number of hydrogen-bond acceptors (Lipinski definition) is 3. The normalized spacial score (nSPS) is 12.8. The van der Waals surface area contributed by atoms with Gasteiger partial charge in [0.1, 0.15) is 0 Å². The maximum atomic E-state index is 11.3. The summed E-state index contributed by atoms with van der Waals surface area (Å²) >= 11 is 0. The molecule has 0 aromatic carbocycles. The monoisotopic (exact) mass is 243 g/mol. The Morgan fingerprint density at radius 1 is 1.18 bits per heavy atom. The molecule has 0 fully saturated rings. The number of nitrogens with one attached hydrogen (secondary N) is 1. The molecule has 17 heavy (non-hydrogen) atoms. The van der Waals surface area contributed by atoms with Gasteiger partial charge in [-0.3, -0.25) is 4.79 Å². The number of ether oxygens (including phenoxy) is 1. The van der Waals surface area contributed by atoms with Crippen LogP contribution in [0.5, 0.6) is 0 Å². The Kier molecular flexibility index (Phi) is 10.2. The van der Waals surface area contributed by atoms with Gasteiger partial charge < -0.3 is 10.1 Å². The van der Waals surface area contributed by atoms with Crippen LogP contribution in [0.4, 0.5) is 0 Å². The largest absolute Gasteiger partial charge is 0.465 e. The Balaban J connectivity index is 3.42. The van der Waals surface area contributed by atoms with E-state index in [9.17, 15) is 4.79 Å². The van der Waals surface area contributed by atoms with Gasteiger partial charge in [0, 0.05) is 6.04 Å². The Bertz CT molecular complexity index is 193. The highest BCUT2D eigenvalue weighted by Crippen LogP contribution is 2.07. The van der Waals surface area contributed by atoms with Gasteiger partial charge in [-0.1, -0.05) is 40.0 Å². The molecule has 3 heteroatoms. The molecule has 0 saturated heterocycles. The lowest BCUT2D eigenvalue weighted by atomic mass is 10.0. The number of unbranched alkanes of at least 4 members (excludes halogenated alkanes) is 1. The molecule has 3 nitrogen and oxygen atoms in total. The lowest BCUT2D eigenvalue weighted by molar-refractivity contribution is -0.142. The standard InChI is InChI=1S/C14H29NO2/c1-5-6-10-17-14(16)11-15-13(4)9-7-8-12(2)3/h12-13,15H,5-11H2,1-4H3. The fourth-order valence-electron chi connectivity index (χ4n) is 1.57. The highest BCUT2D eigenvalue weighted by molar-refractivity contribution is 5.71. The zero-order valence-electron chi connectivity index (χ0n) is 11.9. The second kappa shape index (κ2) is 10.6.